The second-order valence-electron chi connectivity index (χ2n) is 23.6. The first kappa shape index (κ1) is 75.3. The van der Waals surface area contributed by atoms with E-state index in [0.717, 1.165) is 90.4 Å². The van der Waals surface area contributed by atoms with Crippen LogP contribution in [-0.2, 0) is 28.6 Å². The Hall–Kier alpha value is -1.71. The first-order chi connectivity index (χ1) is 38.0. The van der Waals surface area contributed by atoms with Gasteiger partial charge in [0.15, 0.2) is 0 Å². The minimum atomic E-state index is -0.0144. The molecule has 0 saturated carbocycles. The second kappa shape index (κ2) is 65.1. The number of carbonyl (C=O) groups excluding carboxylic acids is 3. The van der Waals surface area contributed by atoms with Crippen LogP contribution in [0.5, 0.6) is 0 Å². The lowest BCUT2D eigenvalue weighted by molar-refractivity contribution is -0.144. The highest BCUT2D eigenvalue weighted by atomic mass is 16.5. The lowest BCUT2D eigenvalue weighted by Crippen LogP contribution is -2.33. The lowest BCUT2D eigenvalue weighted by Gasteiger charge is -2.26. The number of esters is 3. The van der Waals surface area contributed by atoms with E-state index in [0.29, 0.717) is 39.1 Å². The maximum Gasteiger partial charge on any atom is 0.305 e. The molecule has 0 bridgehead atoms. The minimum Gasteiger partial charge on any atom is -0.466 e. The van der Waals surface area contributed by atoms with E-state index >= 15 is 0 Å². The zero-order chi connectivity index (χ0) is 55.8. The summed E-state index contributed by atoms with van der Waals surface area (Å²) in [6, 6.07) is 0. The Morgan fingerprint density at radius 1 is 0.247 bits per heavy atom. The Bertz CT molecular complexity index is 1130. The van der Waals surface area contributed by atoms with Gasteiger partial charge in [-0.2, -0.15) is 0 Å². The topological polar surface area (TPSA) is 106 Å². The smallest absolute Gasteiger partial charge is 0.305 e. The van der Waals surface area contributed by atoms with Gasteiger partial charge in [-0.3, -0.25) is 14.4 Å². The molecule has 0 saturated heterocycles. The SMILES string of the molecule is CCCCCCCCCCCOC(=O)CCCCCCCCCN(CCO)CCCN(CCCCCCCCCC(=O)OCCCCCCCCCCC)CCCCCCCCCC(=O)OCCCCCCCCCCC. The Morgan fingerprint density at radius 2 is 0.442 bits per heavy atom. The van der Waals surface area contributed by atoms with Crippen LogP contribution in [0.15, 0.2) is 0 Å². The number of ether oxygens (including phenoxy) is 3. The first-order valence-corrected chi connectivity index (χ1v) is 34.5. The Labute approximate surface area is 479 Å². The summed E-state index contributed by atoms with van der Waals surface area (Å²) in [6.45, 7) is 15.1. The molecule has 0 aromatic carbocycles. The maximum atomic E-state index is 12.2. The molecule has 0 atom stereocenters. The van der Waals surface area contributed by atoms with Crippen LogP contribution < -0.4 is 0 Å². The van der Waals surface area contributed by atoms with Gasteiger partial charge in [0, 0.05) is 25.8 Å². The molecule has 0 amide bonds. The van der Waals surface area contributed by atoms with Crippen LogP contribution in [0, 0.1) is 0 Å². The molecule has 0 aromatic rings. The summed E-state index contributed by atoms with van der Waals surface area (Å²) in [5.74, 6) is -0.0302. The number of carbonyl (C=O) groups is 3. The molecule has 0 aromatic heterocycles. The normalized spacial score (nSPS) is 11.6. The highest BCUT2D eigenvalue weighted by molar-refractivity contribution is 5.69. The number of rotatable bonds is 66. The first-order valence-electron chi connectivity index (χ1n) is 34.5. The summed E-state index contributed by atoms with van der Waals surface area (Å²) in [7, 11) is 0. The summed E-state index contributed by atoms with van der Waals surface area (Å²) in [6.07, 6.45) is 62.1. The van der Waals surface area contributed by atoms with E-state index in [1.165, 1.54) is 264 Å². The third kappa shape index (κ3) is 61.8. The van der Waals surface area contributed by atoms with E-state index in [2.05, 4.69) is 30.6 Å². The summed E-state index contributed by atoms with van der Waals surface area (Å²) in [5, 5.41) is 9.89. The van der Waals surface area contributed by atoms with Gasteiger partial charge in [-0.25, -0.2) is 0 Å². The van der Waals surface area contributed by atoms with E-state index in [1.807, 2.05) is 0 Å². The van der Waals surface area contributed by atoms with Crippen molar-refractivity contribution >= 4 is 17.9 Å². The van der Waals surface area contributed by atoms with Gasteiger partial charge in [-0.05, 0) is 96.9 Å². The van der Waals surface area contributed by atoms with E-state index in [1.54, 1.807) is 0 Å². The van der Waals surface area contributed by atoms with E-state index in [-0.39, 0.29) is 24.5 Å². The molecule has 0 unspecified atom stereocenters. The fraction of sp³-hybridized carbons (Fsp3) is 0.956. The molecule has 0 aliphatic heterocycles. The monoisotopic (exact) mass is 1090 g/mol. The molecular weight excluding hydrogens is 957 g/mol. The van der Waals surface area contributed by atoms with Crippen LogP contribution in [0.4, 0.5) is 0 Å². The van der Waals surface area contributed by atoms with Crippen molar-refractivity contribution in [3.8, 4) is 0 Å². The maximum absolute atomic E-state index is 12.2. The van der Waals surface area contributed by atoms with Gasteiger partial charge >= 0.3 is 17.9 Å². The predicted molar refractivity (Wildman–Crippen MR) is 330 cm³/mol. The van der Waals surface area contributed by atoms with Gasteiger partial charge in [0.2, 0.25) is 0 Å². The van der Waals surface area contributed by atoms with Crippen LogP contribution in [-0.4, -0.2) is 98.5 Å². The zero-order valence-corrected chi connectivity index (χ0v) is 52.1. The molecule has 0 aliphatic rings. The summed E-state index contributed by atoms with van der Waals surface area (Å²) in [5.41, 5.74) is 0. The molecule has 1 N–H and O–H groups in total. The predicted octanol–water partition coefficient (Wildman–Crippen LogP) is 19.6. The average molecular weight is 1090 g/mol. The van der Waals surface area contributed by atoms with Crippen molar-refractivity contribution in [2.75, 3.05) is 65.7 Å². The molecular formula is C68H134N2O7. The van der Waals surface area contributed by atoms with Gasteiger partial charge in [0.1, 0.15) is 0 Å². The van der Waals surface area contributed by atoms with Gasteiger partial charge < -0.3 is 29.1 Å². The van der Waals surface area contributed by atoms with Crippen LogP contribution >= 0.6 is 0 Å². The molecule has 0 rings (SSSR count). The lowest BCUT2D eigenvalue weighted by atomic mass is 10.1. The van der Waals surface area contributed by atoms with Crippen molar-refractivity contribution in [1.82, 2.24) is 9.80 Å². The van der Waals surface area contributed by atoms with Crippen molar-refractivity contribution in [1.29, 1.82) is 0 Å². The van der Waals surface area contributed by atoms with Crippen LogP contribution in [0.2, 0.25) is 0 Å². The number of hydrogen-bond donors (Lipinski definition) is 1. The van der Waals surface area contributed by atoms with E-state index in [4.69, 9.17) is 14.2 Å². The number of unbranched alkanes of at least 4 members (excludes halogenated alkanes) is 42. The van der Waals surface area contributed by atoms with Crippen molar-refractivity contribution in [3.05, 3.63) is 0 Å². The second-order valence-corrected chi connectivity index (χ2v) is 23.6. The van der Waals surface area contributed by atoms with Crippen molar-refractivity contribution in [3.63, 3.8) is 0 Å². The highest BCUT2D eigenvalue weighted by Crippen LogP contribution is 2.17. The molecule has 77 heavy (non-hydrogen) atoms. The third-order valence-electron chi connectivity index (χ3n) is 16.0. The Balaban J connectivity index is 4.40. The average Bonchev–Trinajstić information content (AvgIpc) is 3.42. The number of nitrogens with zero attached hydrogens (tertiary/aromatic N) is 2. The Morgan fingerprint density at radius 3 is 0.688 bits per heavy atom. The molecule has 9 heteroatoms. The number of aliphatic hydroxyl groups is 1. The molecule has 0 radical (unpaired) electrons. The third-order valence-corrected chi connectivity index (χ3v) is 16.0. The van der Waals surface area contributed by atoms with Crippen molar-refractivity contribution in [2.45, 2.75) is 355 Å². The molecule has 0 heterocycles. The Kier molecular flexibility index (Phi) is 63.7. The van der Waals surface area contributed by atoms with Crippen LogP contribution in [0.1, 0.15) is 355 Å². The van der Waals surface area contributed by atoms with E-state index in [9.17, 15) is 19.5 Å². The highest BCUT2D eigenvalue weighted by Gasteiger charge is 2.10. The zero-order valence-electron chi connectivity index (χ0n) is 52.1. The van der Waals surface area contributed by atoms with Gasteiger partial charge in [-0.1, -0.05) is 271 Å². The fourth-order valence-corrected chi connectivity index (χ4v) is 10.8. The van der Waals surface area contributed by atoms with Crippen LogP contribution in [0.25, 0.3) is 0 Å². The van der Waals surface area contributed by atoms with E-state index < -0.39 is 0 Å². The number of aliphatic hydroxyl groups excluding tert-OH is 1. The number of hydrogen-bond acceptors (Lipinski definition) is 9. The largest absolute Gasteiger partial charge is 0.466 e. The molecule has 0 aliphatic carbocycles. The molecule has 9 nitrogen and oxygen atoms in total. The minimum absolute atomic E-state index is 0.00789. The summed E-state index contributed by atoms with van der Waals surface area (Å²) >= 11 is 0. The van der Waals surface area contributed by atoms with Gasteiger partial charge in [-0.15, -0.1) is 0 Å². The molecule has 0 fully saturated rings. The quantitative estimate of drug-likeness (QED) is 0.0362. The standard InChI is InChI=1S/C68H134N2O7/c1-4-7-10-13-16-19-31-40-49-63-75-66(72)53-43-34-25-22-28-37-46-56-69(57-47-38-29-23-26-35-44-54-67(73)76-64-50-41-32-20-17-14-11-8-5-2)59-52-60-70(61-62-71)58-48-39-30-24-27-36-45-55-68(74)77-65-51-42-33-21-18-15-12-9-6-3/h71H,4-65H2,1-3H3. The van der Waals surface area contributed by atoms with Crippen molar-refractivity contribution in [2.24, 2.45) is 0 Å². The summed E-state index contributed by atoms with van der Waals surface area (Å²) in [4.78, 5) is 41.8. The van der Waals surface area contributed by atoms with Gasteiger partial charge in [0.25, 0.3) is 0 Å². The molecule has 458 valence electrons. The van der Waals surface area contributed by atoms with Crippen molar-refractivity contribution < 1.29 is 33.7 Å². The summed E-state index contributed by atoms with van der Waals surface area (Å²) < 4.78 is 16.5. The van der Waals surface area contributed by atoms with Crippen LogP contribution in [0.3, 0.4) is 0 Å². The van der Waals surface area contributed by atoms with Gasteiger partial charge in [0.05, 0.1) is 26.4 Å². The molecule has 0 spiro atoms. The fourth-order valence-electron chi connectivity index (χ4n) is 10.8.